The lowest BCUT2D eigenvalue weighted by Crippen LogP contribution is -2.36. The maximum atomic E-state index is 12.7. The Morgan fingerprint density at radius 3 is 1.09 bits per heavy atom. The van der Waals surface area contributed by atoms with Gasteiger partial charge in [-0.3, -0.25) is 19.2 Å². The van der Waals surface area contributed by atoms with Crippen molar-refractivity contribution in [2.24, 2.45) is 11.8 Å². The van der Waals surface area contributed by atoms with Gasteiger partial charge < -0.3 is 18.9 Å². The standard InChI is InChI=1S/C24H34O8/c1-5-9-13-29-21(25)17-19(23(27)31-15-11-7-3)20(24(28)32-16-12-8-4)18-22(26)30-14-10-6-2/h5-8,19-20H,1-4,9-18H2. The van der Waals surface area contributed by atoms with Crippen molar-refractivity contribution in [1.82, 2.24) is 0 Å². The molecule has 2 atom stereocenters. The predicted octanol–water partition coefficient (Wildman–Crippen LogP) is 3.48. The third kappa shape index (κ3) is 13.2. The third-order valence-corrected chi connectivity index (χ3v) is 4.17. The highest BCUT2D eigenvalue weighted by atomic mass is 16.5. The van der Waals surface area contributed by atoms with E-state index in [1.807, 2.05) is 0 Å². The van der Waals surface area contributed by atoms with Crippen LogP contribution in [0.3, 0.4) is 0 Å². The molecule has 0 aliphatic heterocycles. The largest absolute Gasteiger partial charge is 0.465 e. The highest BCUT2D eigenvalue weighted by Crippen LogP contribution is 2.25. The molecule has 0 bridgehead atoms. The molecule has 8 heteroatoms. The first-order valence-corrected chi connectivity index (χ1v) is 10.5. The van der Waals surface area contributed by atoms with E-state index in [0.29, 0.717) is 25.7 Å². The molecule has 8 nitrogen and oxygen atoms in total. The summed E-state index contributed by atoms with van der Waals surface area (Å²) in [4.78, 5) is 50.0. The molecule has 0 radical (unpaired) electrons. The summed E-state index contributed by atoms with van der Waals surface area (Å²) in [6.07, 6.45) is 7.01. The van der Waals surface area contributed by atoms with Crippen LogP contribution >= 0.6 is 0 Å². The van der Waals surface area contributed by atoms with Crippen molar-refractivity contribution >= 4 is 23.9 Å². The molecule has 32 heavy (non-hydrogen) atoms. The fraction of sp³-hybridized carbons (Fsp3) is 0.500. The lowest BCUT2D eigenvalue weighted by atomic mass is 9.86. The van der Waals surface area contributed by atoms with Crippen LogP contribution in [0, 0.1) is 11.8 Å². The van der Waals surface area contributed by atoms with Gasteiger partial charge in [-0.05, 0) is 25.7 Å². The van der Waals surface area contributed by atoms with Crippen LogP contribution < -0.4 is 0 Å². The predicted molar refractivity (Wildman–Crippen MR) is 119 cm³/mol. The zero-order chi connectivity index (χ0) is 24.2. The Bertz CT molecular complexity index is 596. The molecule has 0 aromatic rings. The number of ether oxygens (including phenoxy) is 4. The quantitative estimate of drug-likeness (QED) is 0.127. The zero-order valence-corrected chi connectivity index (χ0v) is 18.6. The molecule has 0 aliphatic carbocycles. The zero-order valence-electron chi connectivity index (χ0n) is 18.6. The normalized spacial score (nSPS) is 11.9. The first kappa shape index (κ1) is 28.8. The monoisotopic (exact) mass is 450 g/mol. The number of hydrogen-bond acceptors (Lipinski definition) is 8. The van der Waals surface area contributed by atoms with Gasteiger partial charge in [0.2, 0.25) is 0 Å². The fourth-order valence-electron chi connectivity index (χ4n) is 2.47. The summed E-state index contributed by atoms with van der Waals surface area (Å²) in [5.41, 5.74) is 0. The van der Waals surface area contributed by atoms with Gasteiger partial charge >= 0.3 is 23.9 Å². The van der Waals surface area contributed by atoms with Gasteiger partial charge in [0.15, 0.2) is 0 Å². The van der Waals surface area contributed by atoms with Gasteiger partial charge in [-0.1, -0.05) is 24.3 Å². The minimum atomic E-state index is -1.28. The van der Waals surface area contributed by atoms with E-state index in [9.17, 15) is 19.2 Å². The van der Waals surface area contributed by atoms with Gasteiger partial charge in [-0.2, -0.15) is 0 Å². The van der Waals surface area contributed by atoms with E-state index in [-0.39, 0.29) is 26.4 Å². The summed E-state index contributed by atoms with van der Waals surface area (Å²) in [6, 6.07) is 0. The number of carbonyl (C=O) groups excluding carboxylic acids is 4. The average Bonchev–Trinajstić information content (AvgIpc) is 2.76. The minimum Gasteiger partial charge on any atom is -0.465 e. The second-order valence-corrected chi connectivity index (χ2v) is 6.71. The third-order valence-electron chi connectivity index (χ3n) is 4.17. The van der Waals surface area contributed by atoms with Crippen LogP contribution in [-0.2, 0) is 38.1 Å². The van der Waals surface area contributed by atoms with E-state index < -0.39 is 48.6 Å². The van der Waals surface area contributed by atoms with Gasteiger partial charge in [0.1, 0.15) is 0 Å². The van der Waals surface area contributed by atoms with Gasteiger partial charge in [-0.15, -0.1) is 26.3 Å². The van der Waals surface area contributed by atoms with Gasteiger partial charge in [-0.25, -0.2) is 0 Å². The topological polar surface area (TPSA) is 105 Å². The van der Waals surface area contributed by atoms with E-state index in [0.717, 1.165) is 0 Å². The SMILES string of the molecule is C=CCCOC(=O)CC(C(=O)OCCC=C)C(CC(=O)OCCC=C)C(=O)OCCC=C. The second-order valence-electron chi connectivity index (χ2n) is 6.71. The molecule has 0 aliphatic rings. The van der Waals surface area contributed by atoms with Crippen LogP contribution in [0.1, 0.15) is 38.5 Å². The van der Waals surface area contributed by atoms with Crippen LogP contribution in [0.25, 0.3) is 0 Å². The molecule has 0 fully saturated rings. The van der Waals surface area contributed by atoms with Crippen molar-refractivity contribution in [2.75, 3.05) is 26.4 Å². The summed E-state index contributed by atoms with van der Waals surface area (Å²) in [7, 11) is 0. The summed E-state index contributed by atoms with van der Waals surface area (Å²) < 4.78 is 20.5. The maximum absolute atomic E-state index is 12.7. The van der Waals surface area contributed by atoms with Crippen molar-refractivity contribution in [2.45, 2.75) is 38.5 Å². The van der Waals surface area contributed by atoms with Crippen molar-refractivity contribution in [3.8, 4) is 0 Å². The molecule has 0 heterocycles. The smallest absolute Gasteiger partial charge is 0.310 e. The molecule has 0 saturated heterocycles. The number of rotatable bonds is 19. The van der Waals surface area contributed by atoms with E-state index in [2.05, 4.69) is 26.3 Å². The number of esters is 4. The summed E-state index contributed by atoms with van der Waals surface area (Å²) in [5.74, 6) is -5.59. The highest BCUT2D eigenvalue weighted by molar-refractivity contribution is 5.88. The Kier molecular flexibility index (Phi) is 16.8. The van der Waals surface area contributed by atoms with Gasteiger partial charge in [0.25, 0.3) is 0 Å². The Morgan fingerprint density at radius 2 is 0.812 bits per heavy atom. The molecule has 0 aromatic heterocycles. The summed E-state index contributed by atoms with van der Waals surface area (Å²) in [6.45, 7) is 14.4. The van der Waals surface area contributed by atoms with Crippen LogP contribution in [0.15, 0.2) is 50.6 Å². The molecule has 0 spiro atoms. The van der Waals surface area contributed by atoms with E-state index in [4.69, 9.17) is 18.9 Å². The second kappa shape index (κ2) is 18.6. The molecule has 2 unspecified atom stereocenters. The maximum Gasteiger partial charge on any atom is 0.310 e. The van der Waals surface area contributed by atoms with Crippen LogP contribution in [0.2, 0.25) is 0 Å². The van der Waals surface area contributed by atoms with E-state index in [1.165, 1.54) is 0 Å². The molecule has 0 amide bonds. The molecule has 0 rings (SSSR count). The van der Waals surface area contributed by atoms with Gasteiger partial charge in [0.05, 0.1) is 51.1 Å². The van der Waals surface area contributed by atoms with Gasteiger partial charge in [0, 0.05) is 0 Å². The Hall–Kier alpha value is -3.16. The average molecular weight is 451 g/mol. The number of carbonyl (C=O) groups is 4. The Balaban J connectivity index is 5.58. The van der Waals surface area contributed by atoms with Crippen molar-refractivity contribution < 1.29 is 38.1 Å². The number of hydrogen-bond donors (Lipinski definition) is 0. The minimum absolute atomic E-state index is 0.0202. The molecular weight excluding hydrogens is 416 g/mol. The van der Waals surface area contributed by atoms with Crippen LogP contribution in [-0.4, -0.2) is 50.3 Å². The summed E-state index contributed by atoms with van der Waals surface area (Å²) >= 11 is 0. The highest BCUT2D eigenvalue weighted by Gasteiger charge is 2.40. The fourth-order valence-corrected chi connectivity index (χ4v) is 2.47. The first-order valence-electron chi connectivity index (χ1n) is 10.5. The Morgan fingerprint density at radius 1 is 0.531 bits per heavy atom. The molecule has 0 aromatic carbocycles. The summed E-state index contributed by atoms with van der Waals surface area (Å²) in [5, 5.41) is 0. The Labute approximate surface area is 189 Å². The lowest BCUT2D eigenvalue weighted by molar-refractivity contribution is -0.167. The van der Waals surface area contributed by atoms with E-state index in [1.54, 1.807) is 24.3 Å². The van der Waals surface area contributed by atoms with Crippen molar-refractivity contribution in [3.63, 3.8) is 0 Å². The molecule has 0 saturated carbocycles. The van der Waals surface area contributed by atoms with Crippen LogP contribution in [0.5, 0.6) is 0 Å². The molecular formula is C24H34O8. The van der Waals surface area contributed by atoms with Crippen molar-refractivity contribution in [1.29, 1.82) is 0 Å². The van der Waals surface area contributed by atoms with Crippen LogP contribution in [0.4, 0.5) is 0 Å². The lowest BCUT2D eigenvalue weighted by Gasteiger charge is -2.23. The van der Waals surface area contributed by atoms with Crippen molar-refractivity contribution in [3.05, 3.63) is 50.6 Å². The molecule has 178 valence electrons. The first-order chi connectivity index (χ1) is 15.4. The van der Waals surface area contributed by atoms with E-state index >= 15 is 0 Å². The molecule has 0 N–H and O–H groups in total.